The van der Waals surface area contributed by atoms with Crippen molar-refractivity contribution >= 4 is 11.6 Å². The molecule has 0 aliphatic carbocycles. The highest BCUT2D eigenvalue weighted by Crippen LogP contribution is 2.46. The van der Waals surface area contributed by atoms with E-state index in [0.717, 1.165) is 11.1 Å². The number of aromatic amines is 1. The predicted octanol–water partition coefficient (Wildman–Crippen LogP) is 3.75. The minimum atomic E-state index is -1.05. The van der Waals surface area contributed by atoms with Crippen LogP contribution in [0.5, 0.6) is 17.2 Å². The number of ketones is 2. The third kappa shape index (κ3) is 4.22. The molecule has 10 nitrogen and oxygen atoms in total. The molecule has 1 fully saturated rings. The van der Waals surface area contributed by atoms with Gasteiger partial charge in [0.05, 0.1) is 25.3 Å². The molecule has 0 radical (unpaired) electrons. The van der Waals surface area contributed by atoms with Crippen molar-refractivity contribution in [1.29, 1.82) is 0 Å². The van der Waals surface area contributed by atoms with Crippen molar-refractivity contribution in [1.82, 2.24) is 25.9 Å². The van der Waals surface area contributed by atoms with Crippen LogP contribution in [0.15, 0.2) is 60.7 Å². The number of tetrazole rings is 1. The van der Waals surface area contributed by atoms with E-state index in [-0.39, 0.29) is 11.6 Å². The van der Waals surface area contributed by atoms with Crippen molar-refractivity contribution in [2.24, 2.45) is 5.92 Å². The molecule has 3 heterocycles. The van der Waals surface area contributed by atoms with Gasteiger partial charge < -0.3 is 19.5 Å². The number of aromatic nitrogens is 4. The Hall–Kier alpha value is -4.57. The van der Waals surface area contributed by atoms with Crippen LogP contribution < -0.4 is 19.5 Å². The molecule has 1 spiro atoms. The Morgan fingerprint density at radius 3 is 2.33 bits per heavy atom. The Bertz CT molecular complexity index is 1510. The first-order chi connectivity index (χ1) is 19.0. The maximum atomic E-state index is 14.3. The first-order valence-corrected chi connectivity index (χ1v) is 12.7. The van der Waals surface area contributed by atoms with E-state index in [0.29, 0.717) is 65.7 Å². The molecule has 2 N–H and O–H groups in total. The van der Waals surface area contributed by atoms with Gasteiger partial charge in [-0.15, -0.1) is 10.2 Å². The summed E-state index contributed by atoms with van der Waals surface area (Å²) in [5.74, 6) is 0.0748. The Morgan fingerprint density at radius 1 is 0.974 bits per heavy atom. The Kier molecular flexibility index (Phi) is 6.32. The van der Waals surface area contributed by atoms with Crippen LogP contribution >= 0.6 is 0 Å². The molecule has 4 aromatic rings. The fourth-order valence-electron chi connectivity index (χ4n) is 5.62. The summed E-state index contributed by atoms with van der Waals surface area (Å²) in [5.41, 5.74) is 1.89. The summed E-state index contributed by atoms with van der Waals surface area (Å²) in [6.07, 6.45) is 1.02. The van der Waals surface area contributed by atoms with E-state index in [2.05, 4.69) is 25.9 Å². The summed E-state index contributed by atoms with van der Waals surface area (Å²) in [7, 11) is 3.10. The third-order valence-electron chi connectivity index (χ3n) is 7.51. The zero-order chi connectivity index (χ0) is 27.0. The second kappa shape index (κ2) is 9.95. The first-order valence-electron chi connectivity index (χ1n) is 12.7. The van der Waals surface area contributed by atoms with Gasteiger partial charge in [0.15, 0.2) is 11.6 Å². The van der Waals surface area contributed by atoms with E-state index in [1.54, 1.807) is 44.6 Å². The van der Waals surface area contributed by atoms with Gasteiger partial charge in [0, 0.05) is 24.0 Å². The van der Waals surface area contributed by atoms with Gasteiger partial charge in [-0.3, -0.25) is 9.59 Å². The van der Waals surface area contributed by atoms with E-state index < -0.39 is 11.5 Å². The summed E-state index contributed by atoms with van der Waals surface area (Å²) in [4.78, 5) is 28.5. The van der Waals surface area contributed by atoms with Crippen LogP contribution in [-0.2, 0) is 0 Å². The SMILES string of the molecule is COc1cc(C(=O)C2C(=O)c3cc(-c4nn[nH]n4)ccc3OC23CCNCC3)cc(OC)c1-c1ccccc1. The molecule has 1 atom stereocenters. The van der Waals surface area contributed by atoms with E-state index in [1.165, 1.54) is 0 Å². The molecule has 1 unspecified atom stereocenters. The number of methoxy groups -OCH3 is 2. The molecule has 10 heteroatoms. The van der Waals surface area contributed by atoms with Crippen LogP contribution in [0.1, 0.15) is 33.6 Å². The largest absolute Gasteiger partial charge is 0.496 e. The number of benzene rings is 3. The quantitative estimate of drug-likeness (QED) is 0.286. The van der Waals surface area contributed by atoms with Crippen LogP contribution in [0.4, 0.5) is 0 Å². The summed E-state index contributed by atoms with van der Waals surface area (Å²) in [6.45, 7) is 1.26. The van der Waals surface area contributed by atoms with Crippen molar-refractivity contribution in [3.8, 4) is 39.8 Å². The first kappa shape index (κ1) is 24.7. The average molecular weight is 526 g/mol. The number of ether oxygens (including phenoxy) is 3. The molecule has 3 aromatic carbocycles. The normalized spacial score (nSPS) is 17.8. The lowest BCUT2D eigenvalue weighted by Crippen LogP contribution is -2.58. The Labute approximate surface area is 224 Å². The number of nitrogens with zero attached hydrogens (tertiary/aromatic N) is 3. The van der Waals surface area contributed by atoms with Gasteiger partial charge >= 0.3 is 0 Å². The van der Waals surface area contributed by atoms with Gasteiger partial charge in [-0.05, 0) is 54.2 Å². The fourth-order valence-corrected chi connectivity index (χ4v) is 5.62. The minimum absolute atomic E-state index is 0.293. The lowest BCUT2D eigenvalue weighted by atomic mass is 9.70. The third-order valence-corrected chi connectivity index (χ3v) is 7.51. The highest BCUT2D eigenvalue weighted by Gasteiger charge is 2.54. The molecule has 1 saturated heterocycles. The van der Waals surface area contributed by atoms with Crippen LogP contribution in [0, 0.1) is 5.92 Å². The number of Topliss-reactive ketones (excluding diaryl/α,β-unsaturated/α-hetero) is 2. The van der Waals surface area contributed by atoms with Crippen molar-refractivity contribution in [2.75, 3.05) is 27.3 Å². The maximum absolute atomic E-state index is 14.3. The molecule has 0 amide bonds. The average Bonchev–Trinajstić information content (AvgIpc) is 3.52. The summed E-state index contributed by atoms with van der Waals surface area (Å²) < 4.78 is 18.0. The standard InChI is InChI=1S/C29H27N5O5/c1-37-22-15-19(16-23(38-2)24(22)17-6-4-3-5-7-17)26(35)25-27(36)20-14-18(28-31-33-34-32-28)8-9-21(20)39-29(25)10-12-30-13-11-29/h3-9,14-16,25,30H,10-13H2,1-2H3,(H,31,32,33,34). The fraction of sp³-hybridized carbons (Fsp3) is 0.276. The van der Waals surface area contributed by atoms with Crippen LogP contribution in [0.2, 0.25) is 0 Å². The molecule has 39 heavy (non-hydrogen) atoms. The summed E-state index contributed by atoms with van der Waals surface area (Å²) >= 11 is 0. The number of H-pyrrole nitrogens is 1. The van der Waals surface area contributed by atoms with Gasteiger partial charge in [-0.25, -0.2) is 0 Å². The second-order valence-corrected chi connectivity index (χ2v) is 9.65. The highest BCUT2D eigenvalue weighted by atomic mass is 16.5. The molecular formula is C29H27N5O5. The predicted molar refractivity (Wildman–Crippen MR) is 142 cm³/mol. The topological polar surface area (TPSA) is 128 Å². The molecule has 0 saturated carbocycles. The van der Waals surface area contributed by atoms with Gasteiger partial charge in [-0.2, -0.15) is 5.21 Å². The number of nitrogens with one attached hydrogen (secondary N) is 2. The Morgan fingerprint density at radius 2 is 1.69 bits per heavy atom. The molecule has 2 aliphatic heterocycles. The molecule has 2 aliphatic rings. The van der Waals surface area contributed by atoms with Gasteiger partial charge in [0.2, 0.25) is 5.82 Å². The second-order valence-electron chi connectivity index (χ2n) is 9.65. The Balaban J connectivity index is 1.46. The molecular weight excluding hydrogens is 498 g/mol. The van der Waals surface area contributed by atoms with Gasteiger partial charge in [-0.1, -0.05) is 30.3 Å². The minimum Gasteiger partial charge on any atom is -0.496 e. The van der Waals surface area contributed by atoms with Gasteiger partial charge in [0.1, 0.15) is 28.8 Å². The van der Waals surface area contributed by atoms with E-state index in [4.69, 9.17) is 14.2 Å². The zero-order valence-electron chi connectivity index (χ0n) is 21.6. The summed E-state index contributed by atoms with van der Waals surface area (Å²) in [5, 5.41) is 17.4. The number of hydrogen-bond donors (Lipinski definition) is 2. The van der Waals surface area contributed by atoms with Crippen molar-refractivity contribution in [3.05, 3.63) is 71.8 Å². The zero-order valence-corrected chi connectivity index (χ0v) is 21.6. The van der Waals surface area contributed by atoms with Crippen molar-refractivity contribution in [3.63, 3.8) is 0 Å². The number of carbonyl (C=O) groups excluding carboxylic acids is 2. The number of piperidine rings is 1. The number of carbonyl (C=O) groups is 2. The van der Waals surface area contributed by atoms with Crippen LogP contribution in [0.3, 0.4) is 0 Å². The van der Waals surface area contributed by atoms with Crippen LogP contribution in [0.25, 0.3) is 22.5 Å². The monoisotopic (exact) mass is 525 g/mol. The number of hydrogen-bond acceptors (Lipinski definition) is 9. The number of fused-ring (bicyclic) bond motifs is 1. The number of rotatable bonds is 6. The lowest BCUT2D eigenvalue weighted by molar-refractivity contribution is -0.0138. The lowest BCUT2D eigenvalue weighted by Gasteiger charge is -2.45. The van der Waals surface area contributed by atoms with Gasteiger partial charge in [0.25, 0.3) is 0 Å². The molecule has 6 rings (SSSR count). The van der Waals surface area contributed by atoms with Crippen molar-refractivity contribution in [2.45, 2.75) is 18.4 Å². The van der Waals surface area contributed by atoms with Crippen LogP contribution in [-0.4, -0.2) is 65.1 Å². The van der Waals surface area contributed by atoms with E-state index in [1.807, 2.05) is 30.3 Å². The molecule has 0 bridgehead atoms. The maximum Gasteiger partial charge on any atom is 0.204 e. The summed E-state index contributed by atoms with van der Waals surface area (Å²) in [6, 6.07) is 18.2. The van der Waals surface area contributed by atoms with E-state index >= 15 is 0 Å². The molecule has 1 aromatic heterocycles. The highest BCUT2D eigenvalue weighted by molar-refractivity contribution is 6.19. The van der Waals surface area contributed by atoms with E-state index in [9.17, 15) is 9.59 Å². The smallest absolute Gasteiger partial charge is 0.204 e. The molecule has 198 valence electrons. The van der Waals surface area contributed by atoms with Crippen molar-refractivity contribution < 1.29 is 23.8 Å².